The number of carbonyl (C=O) groups is 1. The lowest BCUT2D eigenvalue weighted by atomic mass is 9.84. The van der Waals surface area contributed by atoms with Crippen molar-refractivity contribution in [2.75, 3.05) is 27.2 Å². The van der Waals surface area contributed by atoms with Gasteiger partial charge in [-0.05, 0) is 28.5 Å². The topological polar surface area (TPSA) is 23.6 Å². The number of rotatable bonds is 2. The van der Waals surface area contributed by atoms with E-state index >= 15 is 0 Å². The molecule has 110 valence electrons. The highest BCUT2D eigenvalue weighted by atomic mass is 16.2. The first-order chi connectivity index (χ1) is 9.27. The standard InChI is InChI=1S/C17H26N2O/c1-17(2,3)15-7-6-13-8-9-19(11-14(13)10-15)12-16(20)18(4)5/h6-7,10H,8-9,11-12H2,1-5H3. The maximum atomic E-state index is 11.8. The second kappa shape index (κ2) is 5.57. The van der Waals surface area contributed by atoms with Crippen LogP contribution in [-0.2, 0) is 23.2 Å². The van der Waals surface area contributed by atoms with Crippen LogP contribution in [-0.4, -0.2) is 42.9 Å². The van der Waals surface area contributed by atoms with Crippen LogP contribution in [0.15, 0.2) is 18.2 Å². The normalized spacial score (nSPS) is 15.8. The Balaban J connectivity index is 2.14. The third kappa shape index (κ3) is 3.40. The van der Waals surface area contributed by atoms with Crippen LogP contribution in [0.25, 0.3) is 0 Å². The van der Waals surface area contributed by atoms with Crippen molar-refractivity contribution in [3.63, 3.8) is 0 Å². The number of nitrogens with zero attached hydrogens (tertiary/aromatic N) is 2. The summed E-state index contributed by atoms with van der Waals surface area (Å²) in [6, 6.07) is 6.84. The molecular formula is C17H26N2O. The van der Waals surface area contributed by atoms with E-state index in [4.69, 9.17) is 0 Å². The predicted molar refractivity (Wildman–Crippen MR) is 82.8 cm³/mol. The zero-order valence-corrected chi connectivity index (χ0v) is 13.4. The van der Waals surface area contributed by atoms with Crippen molar-refractivity contribution in [2.45, 2.75) is 39.2 Å². The summed E-state index contributed by atoms with van der Waals surface area (Å²) in [4.78, 5) is 15.7. The molecule has 1 aromatic carbocycles. The molecule has 0 saturated heterocycles. The Hall–Kier alpha value is -1.35. The minimum absolute atomic E-state index is 0.177. The molecule has 0 bridgehead atoms. The average molecular weight is 274 g/mol. The third-order valence-electron chi connectivity index (χ3n) is 4.02. The van der Waals surface area contributed by atoms with Gasteiger partial charge in [0, 0.05) is 27.2 Å². The molecule has 0 N–H and O–H groups in total. The van der Waals surface area contributed by atoms with E-state index in [-0.39, 0.29) is 11.3 Å². The molecule has 0 aliphatic carbocycles. The summed E-state index contributed by atoms with van der Waals surface area (Å²) in [5.74, 6) is 0.181. The van der Waals surface area contributed by atoms with Gasteiger partial charge in [0.05, 0.1) is 6.54 Å². The molecule has 1 aliphatic heterocycles. The quantitative estimate of drug-likeness (QED) is 0.827. The molecule has 0 spiro atoms. The zero-order chi connectivity index (χ0) is 14.9. The van der Waals surface area contributed by atoms with Gasteiger partial charge in [-0.2, -0.15) is 0 Å². The zero-order valence-electron chi connectivity index (χ0n) is 13.4. The van der Waals surface area contributed by atoms with Gasteiger partial charge in [-0.3, -0.25) is 9.69 Å². The minimum atomic E-state index is 0.177. The van der Waals surface area contributed by atoms with Crippen LogP contribution < -0.4 is 0 Å². The number of carbonyl (C=O) groups excluding carboxylic acids is 1. The van der Waals surface area contributed by atoms with Crippen molar-refractivity contribution in [1.29, 1.82) is 0 Å². The lowest BCUT2D eigenvalue weighted by molar-refractivity contribution is -0.130. The van der Waals surface area contributed by atoms with Crippen LogP contribution in [0.3, 0.4) is 0 Å². The fourth-order valence-electron chi connectivity index (χ4n) is 2.55. The second-order valence-corrected chi connectivity index (χ2v) is 6.98. The smallest absolute Gasteiger partial charge is 0.236 e. The number of likely N-dealkylation sites (N-methyl/N-ethyl adjacent to an activating group) is 1. The molecule has 0 atom stereocenters. The highest BCUT2D eigenvalue weighted by molar-refractivity contribution is 5.77. The van der Waals surface area contributed by atoms with Gasteiger partial charge in [-0.1, -0.05) is 39.0 Å². The minimum Gasteiger partial charge on any atom is -0.348 e. The van der Waals surface area contributed by atoms with Gasteiger partial charge in [0.15, 0.2) is 0 Å². The lowest BCUT2D eigenvalue weighted by Crippen LogP contribution is -2.39. The molecule has 20 heavy (non-hydrogen) atoms. The molecule has 3 nitrogen and oxygen atoms in total. The van der Waals surface area contributed by atoms with E-state index in [1.54, 1.807) is 4.90 Å². The Bertz CT molecular complexity index is 500. The van der Waals surface area contributed by atoms with Crippen LogP contribution >= 0.6 is 0 Å². The molecule has 0 aromatic heterocycles. The van der Waals surface area contributed by atoms with Crippen LogP contribution in [0.1, 0.15) is 37.5 Å². The number of amides is 1. The number of hydrogen-bond acceptors (Lipinski definition) is 2. The van der Waals surface area contributed by atoms with E-state index in [0.29, 0.717) is 6.54 Å². The summed E-state index contributed by atoms with van der Waals surface area (Å²) in [5.41, 5.74) is 4.37. The Morgan fingerprint density at radius 1 is 1.25 bits per heavy atom. The first-order valence-electron chi connectivity index (χ1n) is 7.32. The van der Waals surface area contributed by atoms with Gasteiger partial charge in [-0.15, -0.1) is 0 Å². The van der Waals surface area contributed by atoms with Crippen LogP contribution in [0.4, 0.5) is 0 Å². The monoisotopic (exact) mass is 274 g/mol. The van der Waals surface area contributed by atoms with E-state index in [9.17, 15) is 4.79 Å². The largest absolute Gasteiger partial charge is 0.348 e. The van der Waals surface area contributed by atoms with Crippen LogP contribution in [0, 0.1) is 0 Å². The highest BCUT2D eigenvalue weighted by Crippen LogP contribution is 2.27. The van der Waals surface area contributed by atoms with Gasteiger partial charge in [0.1, 0.15) is 0 Å². The van der Waals surface area contributed by atoms with Crippen molar-refractivity contribution >= 4 is 5.91 Å². The lowest BCUT2D eigenvalue weighted by Gasteiger charge is -2.30. The predicted octanol–water partition coefficient (Wildman–Crippen LogP) is 2.43. The Kier molecular flexibility index (Phi) is 4.19. The Morgan fingerprint density at radius 2 is 1.95 bits per heavy atom. The maximum Gasteiger partial charge on any atom is 0.236 e. The second-order valence-electron chi connectivity index (χ2n) is 6.98. The summed E-state index contributed by atoms with van der Waals surface area (Å²) >= 11 is 0. The Labute approximate surface area is 122 Å². The Morgan fingerprint density at radius 3 is 2.55 bits per heavy atom. The summed E-state index contributed by atoms with van der Waals surface area (Å²) in [6.07, 6.45) is 1.04. The summed E-state index contributed by atoms with van der Waals surface area (Å²) in [6.45, 7) is 9.10. The fourth-order valence-corrected chi connectivity index (χ4v) is 2.55. The van der Waals surface area contributed by atoms with Gasteiger partial charge >= 0.3 is 0 Å². The van der Waals surface area contributed by atoms with E-state index in [2.05, 4.69) is 43.9 Å². The van der Waals surface area contributed by atoms with Crippen LogP contribution in [0.2, 0.25) is 0 Å². The molecular weight excluding hydrogens is 248 g/mol. The van der Waals surface area contributed by atoms with Crippen molar-refractivity contribution in [2.24, 2.45) is 0 Å². The molecule has 2 rings (SSSR count). The fraction of sp³-hybridized carbons (Fsp3) is 0.588. The van der Waals surface area contributed by atoms with Crippen molar-refractivity contribution < 1.29 is 4.79 Å². The van der Waals surface area contributed by atoms with Crippen molar-refractivity contribution in [3.8, 4) is 0 Å². The highest BCUT2D eigenvalue weighted by Gasteiger charge is 2.21. The summed E-state index contributed by atoms with van der Waals surface area (Å²) in [7, 11) is 3.63. The molecule has 3 heteroatoms. The van der Waals surface area contributed by atoms with Crippen molar-refractivity contribution in [1.82, 2.24) is 9.80 Å². The molecule has 0 saturated carbocycles. The van der Waals surface area contributed by atoms with E-state index in [0.717, 1.165) is 19.5 Å². The van der Waals surface area contributed by atoms with Crippen molar-refractivity contribution in [3.05, 3.63) is 34.9 Å². The molecule has 1 amide bonds. The molecule has 1 aromatic rings. The number of benzene rings is 1. The summed E-state index contributed by atoms with van der Waals surface area (Å²) < 4.78 is 0. The van der Waals surface area contributed by atoms with E-state index in [1.807, 2.05) is 14.1 Å². The van der Waals surface area contributed by atoms with E-state index in [1.165, 1.54) is 16.7 Å². The molecule has 0 radical (unpaired) electrons. The number of fused-ring (bicyclic) bond motifs is 1. The first-order valence-corrected chi connectivity index (χ1v) is 7.32. The molecule has 1 heterocycles. The SMILES string of the molecule is CN(C)C(=O)CN1CCc2ccc(C(C)(C)C)cc2C1. The van der Waals surface area contributed by atoms with Crippen LogP contribution in [0.5, 0.6) is 0 Å². The average Bonchev–Trinajstić information content (AvgIpc) is 2.36. The van der Waals surface area contributed by atoms with Gasteiger partial charge in [-0.25, -0.2) is 0 Å². The maximum absolute atomic E-state index is 11.8. The third-order valence-corrected chi connectivity index (χ3v) is 4.02. The molecule has 0 fully saturated rings. The molecule has 0 unspecified atom stereocenters. The molecule has 1 aliphatic rings. The van der Waals surface area contributed by atoms with E-state index < -0.39 is 0 Å². The summed E-state index contributed by atoms with van der Waals surface area (Å²) in [5, 5.41) is 0. The van der Waals surface area contributed by atoms with Gasteiger partial charge in [0.25, 0.3) is 0 Å². The van der Waals surface area contributed by atoms with Gasteiger partial charge in [0.2, 0.25) is 5.91 Å². The first kappa shape index (κ1) is 15.0. The van der Waals surface area contributed by atoms with Gasteiger partial charge < -0.3 is 4.90 Å². The number of hydrogen-bond donors (Lipinski definition) is 0.